The first-order valence-electron chi connectivity index (χ1n) is 10.7. The Morgan fingerprint density at radius 3 is 2.15 bits per heavy atom. The first-order valence-corrected chi connectivity index (χ1v) is 10.7. The Hall–Kier alpha value is -4.19. The van der Waals surface area contributed by atoms with E-state index in [1.807, 2.05) is 79.7 Å². The van der Waals surface area contributed by atoms with E-state index in [0.717, 1.165) is 23.4 Å². The first-order chi connectivity index (χ1) is 16.0. The lowest BCUT2D eigenvalue weighted by atomic mass is 9.89. The number of carbonyl (C=O) groups excluding carboxylic acids is 2. The molecule has 0 aliphatic carbocycles. The predicted octanol–water partition coefficient (Wildman–Crippen LogP) is 4.84. The van der Waals surface area contributed by atoms with Gasteiger partial charge >= 0.3 is 5.97 Å². The minimum atomic E-state index is -1.19. The number of carboxylic acid groups (broad SMARTS) is 1. The summed E-state index contributed by atoms with van der Waals surface area (Å²) in [5, 5.41) is 9.03. The van der Waals surface area contributed by atoms with Crippen LogP contribution >= 0.6 is 0 Å². The van der Waals surface area contributed by atoms with Crippen LogP contribution in [0.15, 0.2) is 97.1 Å². The van der Waals surface area contributed by atoms with Crippen molar-refractivity contribution >= 4 is 29.2 Å². The number of fused-ring (bicyclic) bond motifs is 1. The van der Waals surface area contributed by atoms with E-state index < -0.39 is 11.9 Å². The summed E-state index contributed by atoms with van der Waals surface area (Å²) in [6.07, 6.45) is 2.42. The molecule has 0 fully saturated rings. The van der Waals surface area contributed by atoms with Gasteiger partial charge in [-0.05, 0) is 49.2 Å². The molecule has 1 heterocycles. The molecule has 2 atom stereocenters. The summed E-state index contributed by atoms with van der Waals surface area (Å²) in [7, 11) is 0. The maximum Gasteiger partial charge on any atom is 0.328 e. The number of carbonyl (C=O) groups is 3. The highest BCUT2D eigenvalue weighted by Crippen LogP contribution is 2.42. The van der Waals surface area contributed by atoms with E-state index in [9.17, 15) is 14.4 Å². The monoisotopic (exact) mass is 440 g/mol. The fraction of sp³-hybridized carbons (Fsp3) is 0.148. The molecule has 1 aliphatic heterocycles. The van der Waals surface area contributed by atoms with E-state index in [1.165, 1.54) is 0 Å². The third kappa shape index (κ3) is 4.55. The SMILES string of the molecule is CC1CC(N(C(=O)/C=C/C(=O)O)c2ccccc2)c2ccccc2N1C(=O)c1ccccc1. The van der Waals surface area contributed by atoms with Crippen LogP contribution in [0.3, 0.4) is 0 Å². The van der Waals surface area contributed by atoms with Gasteiger partial charge in [-0.3, -0.25) is 9.59 Å². The molecule has 2 unspecified atom stereocenters. The molecular formula is C27H24N2O4. The number of hydrogen-bond donors (Lipinski definition) is 1. The van der Waals surface area contributed by atoms with Gasteiger partial charge in [-0.2, -0.15) is 0 Å². The van der Waals surface area contributed by atoms with Gasteiger partial charge in [0.2, 0.25) is 0 Å². The lowest BCUT2D eigenvalue weighted by Gasteiger charge is -2.43. The highest BCUT2D eigenvalue weighted by atomic mass is 16.4. The molecule has 0 saturated carbocycles. The number of aliphatic carboxylic acids is 1. The topological polar surface area (TPSA) is 77.9 Å². The Morgan fingerprint density at radius 1 is 0.879 bits per heavy atom. The average molecular weight is 440 g/mol. The normalized spacial score (nSPS) is 17.4. The van der Waals surface area contributed by atoms with Crippen LogP contribution in [0.2, 0.25) is 0 Å². The van der Waals surface area contributed by atoms with Crippen LogP contribution in [0, 0.1) is 0 Å². The Balaban J connectivity index is 1.79. The third-order valence-electron chi connectivity index (χ3n) is 5.75. The zero-order chi connectivity index (χ0) is 23.4. The second kappa shape index (κ2) is 9.53. The van der Waals surface area contributed by atoms with Crippen molar-refractivity contribution in [2.24, 2.45) is 0 Å². The van der Waals surface area contributed by atoms with E-state index >= 15 is 0 Å². The largest absolute Gasteiger partial charge is 0.478 e. The predicted molar refractivity (Wildman–Crippen MR) is 127 cm³/mol. The summed E-state index contributed by atoms with van der Waals surface area (Å²) < 4.78 is 0. The van der Waals surface area contributed by atoms with Gasteiger partial charge in [-0.25, -0.2) is 4.79 Å². The summed E-state index contributed by atoms with van der Waals surface area (Å²) in [5.74, 6) is -1.72. The highest BCUT2D eigenvalue weighted by Gasteiger charge is 2.38. The number of amides is 2. The van der Waals surface area contributed by atoms with Gasteiger partial charge in [0.25, 0.3) is 11.8 Å². The molecular weight excluding hydrogens is 416 g/mol. The molecule has 0 aromatic heterocycles. The molecule has 3 aromatic rings. The van der Waals surface area contributed by atoms with Crippen LogP contribution in [0.1, 0.15) is 35.3 Å². The van der Waals surface area contributed by atoms with Crippen LogP contribution in [0.4, 0.5) is 11.4 Å². The number of rotatable bonds is 5. The second-order valence-corrected chi connectivity index (χ2v) is 7.92. The van der Waals surface area contributed by atoms with Crippen molar-refractivity contribution in [2.45, 2.75) is 25.4 Å². The van der Waals surface area contributed by atoms with Gasteiger partial charge in [0.15, 0.2) is 0 Å². The van der Waals surface area contributed by atoms with Crippen molar-refractivity contribution in [1.82, 2.24) is 0 Å². The van der Waals surface area contributed by atoms with E-state index in [-0.39, 0.29) is 18.0 Å². The quantitative estimate of drug-likeness (QED) is 0.576. The molecule has 0 radical (unpaired) electrons. The smallest absolute Gasteiger partial charge is 0.328 e. The molecule has 1 aliphatic rings. The minimum absolute atomic E-state index is 0.0997. The lowest BCUT2D eigenvalue weighted by molar-refractivity contribution is -0.131. The summed E-state index contributed by atoms with van der Waals surface area (Å²) in [4.78, 5) is 41.0. The number of nitrogens with zero attached hydrogens (tertiary/aromatic N) is 2. The molecule has 3 aromatic carbocycles. The van der Waals surface area contributed by atoms with E-state index in [0.29, 0.717) is 17.7 Å². The van der Waals surface area contributed by atoms with Crippen LogP contribution in [-0.4, -0.2) is 28.9 Å². The molecule has 4 rings (SSSR count). The zero-order valence-electron chi connectivity index (χ0n) is 18.2. The van der Waals surface area contributed by atoms with Crippen LogP contribution < -0.4 is 9.80 Å². The number of carboxylic acids is 1. The molecule has 0 saturated heterocycles. The van der Waals surface area contributed by atoms with Gasteiger partial charge in [-0.15, -0.1) is 0 Å². The lowest BCUT2D eigenvalue weighted by Crippen LogP contribution is -2.47. The molecule has 33 heavy (non-hydrogen) atoms. The van der Waals surface area contributed by atoms with E-state index in [1.54, 1.807) is 21.9 Å². The van der Waals surface area contributed by atoms with Crippen molar-refractivity contribution in [1.29, 1.82) is 0 Å². The average Bonchev–Trinajstić information content (AvgIpc) is 2.84. The number of hydrogen-bond acceptors (Lipinski definition) is 3. The van der Waals surface area contributed by atoms with Crippen molar-refractivity contribution in [2.75, 3.05) is 9.80 Å². The molecule has 166 valence electrons. The van der Waals surface area contributed by atoms with Crippen molar-refractivity contribution in [3.8, 4) is 0 Å². The molecule has 0 spiro atoms. The van der Waals surface area contributed by atoms with Crippen molar-refractivity contribution in [3.63, 3.8) is 0 Å². The van der Waals surface area contributed by atoms with Gasteiger partial charge in [-0.1, -0.05) is 54.6 Å². The van der Waals surface area contributed by atoms with Crippen LogP contribution in [0.25, 0.3) is 0 Å². The highest BCUT2D eigenvalue weighted by molar-refractivity contribution is 6.08. The maximum absolute atomic E-state index is 13.4. The van der Waals surface area contributed by atoms with Crippen LogP contribution in [0.5, 0.6) is 0 Å². The number of anilines is 2. The second-order valence-electron chi connectivity index (χ2n) is 7.92. The standard InChI is InChI=1S/C27H24N2O4/c1-19-18-24(29(21-12-6-3-7-13-21)25(30)16-17-26(31)32)22-14-8-9-15-23(22)28(19)27(33)20-10-4-2-5-11-20/h2-17,19,24H,18H2,1H3,(H,31,32)/b17-16+. The molecule has 6 nitrogen and oxygen atoms in total. The Kier molecular flexibility index (Phi) is 6.36. The van der Waals surface area contributed by atoms with Crippen LogP contribution in [-0.2, 0) is 9.59 Å². The van der Waals surface area contributed by atoms with Crippen molar-refractivity contribution in [3.05, 3.63) is 108 Å². The zero-order valence-corrected chi connectivity index (χ0v) is 18.2. The molecule has 2 amide bonds. The maximum atomic E-state index is 13.4. The minimum Gasteiger partial charge on any atom is -0.478 e. The summed E-state index contributed by atoms with van der Waals surface area (Å²) >= 11 is 0. The first kappa shape index (κ1) is 22.0. The number of benzene rings is 3. The Labute approximate surface area is 192 Å². The van der Waals surface area contributed by atoms with E-state index in [4.69, 9.17) is 5.11 Å². The summed E-state index contributed by atoms with van der Waals surface area (Å²) in [6, 6.07) is 25.3. The van der Waals surface area contributed by atoms with Gasteiger partial charge in [0.1, 0.15) is 0 Å². The summed E-state index contributed by atoms with van der Waals surface area (Å²) in [5.41, 5.74) is 2.83. The molecule has 1 N–H and O–H groups in total. The molecule has 0 bridgehead atoms. The van der Waals surface area contributed by atoms with Gasteiger partial charge < -0.3 is 14.9 Å². The Morgan fingerprint density at radius 2 is 1.48 bits per heavy atom. The number of para-hydroxylation sites is 2. The van der Waals surface area contributed by atoms with Crippen molar-refractivity contribution < 1.29 is 19.5 Å². The Bertz CT molecular complexity index is 1190. The van der Waals surface area contributed by atoms with E-state index in [2.05, 4.69) is 0 Å². The fourth-order valence-electron chi connectivity index (χ4n) is 4.33. The molecule has 6 heteroatoms. The van der Waals surface area contributed by atoms with Gasteiger partial charge in [0, 0.05) is 35.1 Å². The van der Waals surface area contributed by atoms with Gasteiger partial charge in [0.05, 0.1) is 6.04 Å². The fourth-order valence-corrected chi connectivity index (χ4v) is 4.33. The summed E-state index contributed by atoms with van der Waals surface area (Å²) in [6.45, 7) is 1.96. The third-order valence-corrected chi connectivity index (χ3v) is 5.75.